The first-order valence-electron chi connectivity index (χ1n) is 15.4. The van der Waals surface area contributed by atoms with E-state index in [-0.39, 0.29) is 24.7 Å². The van der Waals surface area contributed by atoms with Crippen LogP contribution in [0.3, 0.4) is 0 Å². The Hall–Kier alpha value is -2.80. The summed E-state index contributed by atoms with van der Waals surface area (Å²) in [5.41, 5.74) is 3.85. The smallest absolute Gasteiger partial charge is 0.331 e. The molecule has 0 saturated carbocycles. The second kappa shape index (κ2) is 14.8. The van der Waals surface area contributed by atoms with E-state index < -0.39 is 24.5 Å². The average molecular weight is 600 g/mol. The molecule has 5 rings (SSSR count). The molecule has 1 amide bonds. The minimum atomic E-state index is -1.19. The number of methoxy groups -OCH3 is 1. The number of aliphatic hydroxyl groups excluding tert-OH is 1. The molecule has 0 spiro atoms. The number of benzene rings is 1. The standard InChI is InChI=1S/C32H45N3O8/c1-3-32-10-6-11-34-12-9-24-23-7-4-5-8-26(23)35(28(24)29(32)34)27(21-32)30(37)33-25(22-36)31(38)43-20-19-42-18-17-41-16-15-40-14-13-39-2/h4-5,7-8,21,25,29,36H,3,6,9-20,22H2,1-2H3,(H,33,37)/t25-,29+,32-/m0/s1. The molecule has 2 N–H and O–H groups in total. The number of fused-ring (bicyclic) bond motifs is 3. The van der Waals surface area contributed by atoms with Gasteiger partial charge in [0.1, 0.15) is 12.3 Å². The molecule has 0 aliphatic carbocycles. The van der Waals surface area contributed by atoms with Crippen molar-refractivity contribution in [2.75, 3.05) is 79.7 Å². The van der Waals surface area contributed by atoms with Gasteiger partial charge in [0.15, 0.2) is 6.04 Å². The number of aromatic nitrogens is 1. The molecule has 3 atom stereocenters. The average Bonchev–Trinajstić information content (AvgIpc) is 3.38. The van der Waals surface area contributed by atoms with Crippen molar-refractivity contribution in [2.45, 2.75) is 44.7 Å². The summed E-state index contributed by atoms with van der Waals surface area (Å²) in [6.07, 6.45) is 6.06. The van der Waals surface area contributed by atoms with Gasteiger partial charge in [-0.2, -0.15) is 0 Å². The number of ether oxygens (including phenoxy) is 5. The molecule has 11 nitrogen and oxygen atoms in total. The van der Waals surface area contributed by atoms with Crippen molar-refractivity contribution in [2.24, 2.45) is 5.41 Å². The van der Waals surface area contributed by atoms with E-state index in [1.165, 1.54) is 16.6 Å². The first kappa shape index (κ1) is 31.6. The number of rotatable bonds is 17. The van der Waals surface area contributed by atoms with E-state index >= 15 is 0 Å². The van der Waals surface area contributed by atoms with E-state index in [2.05, 4.69) is 39.9 Å². The van der Waals surface area contributed by atoms with E-state index in [0.717, 1.165) is 44.3 Å². The van der Waals surface area contributed by atoms with E-state index in [1.54, 1.807) is 7.11 Å². The molecule has 236 valence electrons. The predicted molar refractivity (Wildman–Crippen MR) is 160 cm³/mol. The van der Waals surface area contributed by atoms with Crippen molar-refractivity contribution in [3.63, 3.8) is 0 Å². The molecule has 1 aromatic heterocycles. The number of hydrogen-bond acceptors (Lipinski definition) is 9. The molecule has 4 heterocycles. The zero-order chi connectivity index (χ0) is 30.2. The van der Waals surface area contributed by atoms with Gasteiger partial charge in [0.25, 0.3) is 5.91 Å². The summed E-state index contributed by atoms with van der Waals surface area (Å²) in [5, 5.41) is 14.0. The molecular weight excluding hydrogens is 554 g/mol. The Bertz CT molecular complexity index is 1290. The third-order valence-corrected chi connectivity index (χ3v) is 8.90. The minimum absolute atomic E-state index is 0.000234. The molecule has 1 saturated heterocycles. The number of nitrogens with one attached hydrogen (secondary N) is 1. The van der Waals surface area contributed by atoms with Crippen molar-refractivity contribution < 1.29 is 38.4 Å². The maximum absolute atomic E-state index is 13.9. The first-order chi connectivity index (χ1) is 21.0. The van der Waals surface area contributed by atoms with Gasteiger partial charge in [-0.15, -0.1) is 0 Å². The molecular formula is C32H45N3O8. The lowest BCUT2D eigenvalue weighted by Gasteiger charge is -2.53. The fourth-order valence-corrected chi connectivity index (χ4v) is 6.84. The maximum Gasteiger partial charge on any atom is 0.331 e. The van der Waals surface area contributed by atoms with E-state index in [9.17, 15) is 14.7 Å². The van der Waals surface area contributed by atoms with Gasteiger partial charge in [0.2, 0.25) is 0 Å². The van der Waals surface area contributed by atoms with E-state index in [0.29, 0.717) is 45.3 Å². The van der Waals surface area contributed by atoms with Gasteiger partial charge >= 0.3 is 5.97 Å². The molecule has 3 aliphatic rings. The molecule has 11 heteroatoms. The largest absolute Gasteiger partial charge is 0.462 e. The Labute approximate surface area is 253 Å². The van der Waals surface area contributed by atoms with Crippen LogP contribution in [-0.4, -0.2) is 112 Å². The Morgan fingerprint density at radius 1 is 1.02 bits per heavy atom. The highest BCUT2D eigenvalue weighted by Gasteiger charge is 2.51. The van der Waals surface area contributed by atoms with Crippen LogP contribution in [0.2, 0.25) is 0 Å². The van der Waals surface area contributed by atoms with E-state index in [1.807, 2.05) is 12.1 Å². The number of carbonyl (C=O) groups excluding carboxylic acids is 2. The Morgan fingerprint density at radius 2 is 1.72 bits per heavy atom. The van der Waals surface area contributed by atoms with Gasteiger partial charge in [-0.25, -0.2) is 4.79 Å². The number of amides is 1. The van der Waals surface area contributed by atoms with Crippen molar-refractivity contribution >= 4 is 28.5 Å². The molecule has 43 heavy (non-hydrogen) atoms. The number of hydrogen-bond donors (Lipinski definition) is 2. The van der Waals surface area contributed by atoms with Gasteiger partial charge in [-0.3, -0.25) is 9.69 Å². The fraction of sp³-hybridized carbons (Fsp3) is 0.625. The summed E-state index contributed by atoms with van der Waals surface area (Å²) in [6, 6.07) is 7.26. The monoisotopic (exact) mass is 599 g/mol. The summed E-state index contributed by atoms with van der Waals surface area (Å²) in [5.74, 6) is -1.10. The molecule has 0 radical (unpaired) electrons. The molecule has 0 bridgehead atoms. The highest BCUT2D eigenvalue weighted by molar-refractivity contribution is 6.17. The van der Waals surface area contributed by atoms with Crippen LogP contribution in [0.15, 0.2) is 30.3 Å². The van der Waals surface area contributed by atoms with Crippen LogP contribution in [0, 0.1) is 5.41 Å². The lowest BCUT2D eigenvalue weighted by Crippen LogP contribution is -2.52. The summed E-state index contributed by atoms with van der Waals surface area (Å²) >= 11 is 0. The highest BCUT2D eigenvalue weighted by Crippen LogP contribution is 2.56. The van der Waals surface area contributed by atoms with E-state index in [4.69, 9.17) is 23.7 Å². The summed E-state index contributed by atoms with van der Waals surface area (Å²) in [7, 11) is 1.62. The van der Waals surface area contributed by atoms with Crippen molar-refractivity contribution in [3.8, 4) is 0 Å². The van der Waals surface area contributed by atoms with Crippen LogP contribution >= 0.6 is 0 Å². The number of esters is 1. The van der Waals surface area contributed by atoms with Gasteiger partial charge in [0.05, 0.1) is 64.4 Å². The topological polar surface area (TPSA) is 121 Å². The summed E-state index contributed by atoms with van der Waals surface area (Å²) in [4.78, 5) is 29.3. The number of nitrogens with zero attached hydrogens (tertiary/aromatic N) is 2. The van der Waals surface area contributed by atoms with Crippen LogP contribution in [-0.2, 0) is 39.7 Å². The normalized spacial score (nSPS) is 21.7. The molecule has 1 aromatic carbocycles. The number of piperidine rings is 1. The first-order valence-corrected chi connectivity index (χ1v) is 15.4. The van der Waals surface area contributed by atoms with Crippen molar-refractivity contribution in [1.82, 2.24) is 14.8 Å². The van der Waals surface area contributed by atoms with Gasteiger partial charge in [-0.1, -0.05) is 25.1 Å². The second-order valence-corrected chi connectivity index (χ2v) is 11.3. The zero-order valence-electron chi connectivity index (χ0n) is 25.3. The molecule has 3 aliphatic heterocycles. The molecule has 0 unspecified atom stereocenters. The van der Waals surface area contributed by atoms with Crippen LogP contribution in [0.4, 0.5) is 0 Å². The lowest BCUT2D eigenvalue weighted by molar-refractivity contribution is -0.150. The number of carbonyl (C=O) groups is 2. The third kappa shape index (κ3) is 6.67. The SMILES string of the molecule is CC[C@@]12C=C(C(=O)N[C@@H](CO)C(=O)OCCOCCOCCOCCOC)n3c4c(c5ccccc53)CCN(CCC1)[C@H]42. The fourth-order valence-electron chi connectivity index (χ4n) is 6.84. The van der Waals surface area contributed by atoms with Crippen LogP contribution < -0.4 is 5.32 Å². The second-order valence-electron chi connectivity index (χ2n) is 11.3. The Balaban J connectivity index is 1.19. The predicted octanol–water partition coefficient (Wildman–Crippen LogP) is 2.30. The Morgan fingerprint density at radius 3 is 2.42 bits per heavy atom. The van der Waals surface area contributed by atoms with Crippen molar-refractivity contribution in [1.29, 1.82) is 0 Å². The number of aliphatic hydroxyl groups is 1. The van der Waals surface area contributed by atoms with Crippen LogP contribution in [0.1, 0.15) is 43.5 Å². The van der Waals surface area contributed by atoms with Crippen LogP contribution in [0.25, 0.3) is 16.6 Å². The third-order valence-electron chi connectivity index (χ3n) is 8.90. The quantitative estimate of drug-likeness (QED) is 0.208. The highest BCUT2D eigenvalue weighted by atomic mass is 16.6. The van der Waals surface area contributed by atoms with Gasteiger partial charge in [-0.05, 0) is 49.9 Å². The summed E-state index contributed by atoms with van der Waals surface area (Å²) < 4.78 is 28.5. The maximum atomic E-state index is 13.9. The Kier molecular flexibility index (Phi) is 10.9. The summed E-state index contributed by atoms with van der Waals surface area (Å²) in [6.45, 7) is 6.62. The zero-order valence-corrected chi connectivity index (χ0v) is 25.3. The van der Waals surface area contributed by atoms with Gasteiger partial charge < -0.3 is 38.7 Å². The number of para-hydroxylation sites is 1. The minimum Gasteiger partial charge on any atom is -0.462 e. The van der Waals surface area contributed by atoms with Gasteiger partial charge in [0, 0.05) is 30.1 Å². The molecule has 2 aromatic rings. The lowest BCUT2D eigenvalue weighted by atomic mass is 9.66. The molecule has 1 fully saturated rings. The van der Waals surface area contributed by atoms with Crippen LogP contribution in [0.5, 0.6) is 0 Å². The van der Waals surface area contributed by atoms with Crippen molar-refractivity contribution in [3.05, 3.63) is 41.6 Å².